The van der Waals surface area contributed by atoms with Gasteiger partial charge in [0.15, 0.2) is 0 Å². The van der Waals surface area contributed by atoms with E-state index in [1.807, 2.05) is 0 Å². The minimum Gasteiger partial charge on any atom is -0.338 e. The van der Waals surface area contributed by atoms with Crippen molar-refractivity contribution in [3.8, 4) is 0 Å². The molecule has 1 N–H and O–H groups in total. The number of piperidine rings is 1. The fourth-order valence-corrected chi connectivity index (χ4v) is 2.96. The molecule has 1 aliphatic heterocycles. The topological polar surface area (TPSA) is 32.3 Å². The van der Waals surface area contributed by atoms with Crippen LogP contribution < -0.4 is 5.32 Å². The molecule has 1 aliphatic carbocycles. The smallest absolute Gasteiger partial charge is 0.226 e. The lowest BCUT2D eigenvalue weighted by Gasteiger charge is -2.33. The lowest BCUT2D eigenvalue weighted by Crippen LogP contribution is -2.49. The summed E-state index contributed by atoms with van der Waals surface area (Å²) in [5.74, 6) is 0.644. The molecule has 3 heteroatoms. The first-order chi connectivity index (χ1) is 8.42. The lowest BCUT2D eigenvalue weighted by atomic mass is 10.0. The number of nitrogens with zero attached hydrogens (tertiary/aromatic N) is 1. The molecule has 1 saturated heterocycles. The molecule has 3 nitrogen and oxygen atoms in total. The predicted octanol–water partition coefficient (Wildman–Crippen LogP) is 2.41. The van der Waals surface area contributed by atoms with E-state index in [1.54, 1.807) is 0 Å². The summed E-state index contributed by atoms with van der Waals surface area (Å²) >= 11 is 0. The largest absolute Gasteiger partial charge is 0.338 e. The molecule has 2 rings (SSSR count). The first kappa shape index (κ1) is 13.9. The summed E-state index contributed by atoms with van der Waals surface area (Å²) in [5, 5.41) is 3.55. The number of hydrogen-bond donors (Lipinski definition) is 1. The summed E-state index contributed by atoms with van der Waals surface area (Å²) in [6.07, 6.45) is 4.85. The van der Waals surface area contributed by atoms with Crippen molar-refractivity contribution in [1.29, 1.82) is 0 Å². The molecule has 0 bridgehead atoms. The minimum atomic E-state index is 0.240. The van der Waals surface area contributed by atoms with E-state index < -0.39 is 0 Å². The number of hydrogen-bond acceptors (Lipinski definition) is 2. The van der Waals surface area contributed by atoms with Crippen molar-refractivity contribution >= 4 is 5.91 Å². The zero-order valence-corrected chi connectivity index (χ0v) is 12.3. The fraction of sp³-hybridized carbons (Fsp3) is 0.933. The van der Waals surface area contributed by atoms with E-state index in [2.05, 4.69) is 37.9 Å². The molecule has 0 spiro atoms. The quantitative estimate of drug-likeness (QED) is 0.833. The summed E-state index contributed by atoms with van der Waals surface area (Å²) in [5.41, 5.74) is 0.240. The maximum Gasteiger partial charge on any atom is 0.226 e. The highest BCUT2D eigenvalue weighted by Crippen LogP contribution is 2.52. The molecule has 0 aromatic heterocycles. The van der Waals surface area contributed by atoms with Crippen LogP contribution in [-0.2, 0) is 4.79 Å². The maximum absolute atomic E-state index is 12.5. The average molecular weight is 252 g/mol. The van der Waals surface area contributed by atoms with Gasteiger partial charge in [-0.15, -0.1) is 0 Å². The van der Waals surface area contributed by atoms with Gasteiger partial charge in [0, 0.05) is 24.5 Å². The molecule has 1 amide bonds. The number of carbonyl (C=O) groups excluding carboxylic acids is 1. The van der Waals surface area contributed by atoms with Gasteiger partial charge in [0.1, 0.15) is 0 Å². The Balaban J connectivity index is 1.93. The van der Waals surface area contributed by atoms with Gasteiger partial charge in [0.2, 0.25) is 5.91 Å². The minimum absolute atomic E-state index is 0.240. The predicted molar refractivity (Wildman–Crippen MR) is 74.4 cm³/mol. The maximum atomic E-state index is 12.5. The van der Waals surface area contributed by atoms with Crippen molar-refractivity contribution in [3.63, 3.8) is 0 Å². The van der Waals surface area contributed by atoms with E-state index in [1.165, 1.54) is 19.3 Å². The summed E-state index contributed by atoms with van der Waals surface area (Å²) < 4.78 is 0. The molecule has 0 aromatic carbocycles. The number of carbonyl (C=O) groups is 1. The van der Waals surface area contributed by atoms with E-state index in [-0.39, 0.29) is 11.3 Å². The first-order valence-corrected chi connectivity index (χ1v) is 7.45. The second-order valence-electron chi connectivity index (χ2n) is 6.98. The Morgan fingerprint density at radius 3 is 2.50 bits per heavy atom. The van der Waals surface area contributed by atoms with Gasteiger partial charge < -0.3 is 10.2 Å². The monoisotopic (exact) mass is 252 g/mol. The van der Waals surface area contributed by atoms with Gasteiger partial charge in [-0.1, -0.05) is 20.3 Å². The summed E-state index contributed by atoms with van der Waals surface area (Å²) in [7, 11) is 0. The highest BCUT2D eigenvalue weighted by Gasteiger charge is 2.52. The Morgan fingerprint density at radius 1 is 1.39 bits per heavy atom. The van der Waals surface area contributed by atoms with Crippen LogP contribution >= 0.6 is 0 Å². The van der Waals surface area contributed by atoms with E-state index in [4.69, 9.17) is 0 Å². The van der Waals surface area contributed by atoms with Gasteiger partial charge in [-0.2, -0.15) is 0 Å². The van der Waals surface area contributed by atoms with Crippen LogP contribution in [-0.4, -0.2) is 36.0 Å². The molecular formula is C15H28N2O. The van der Waals surface area contributed by atoms with Gasteiger partial charge >= 0.3 is 0 Å². The van der Waals surface area contributed by atoms with Crippen molar-refractivity contribution in [3.05, 3.63) is 0 Å². The van der Waals surface area contributed by atoms with Crippen LogP contribution in [0.4, 0.5) is 0 Å². The fourth-order valence-electron chi connectivity index (χ4n) is 2.96. The number of amides is 1. The summed E-state index contributed by atoms with van der Waals surface area (Å²) in [6, 6.07) is 0.824. The third kappa shape index (κ3) is 3.05. The normalized spacial score (nSPS) is 30.3. The van der Waals surface area contributed by atoms with Crippen LogP contribution in [0.15, 0.2) is 0 Å². The van der Waals surface area contributed by atoms with Gasteiger partial charge in [0.05, 0.1) is 0 Å². The van der Waals surface area contributed by atoms with Gasteiger partial charge in [-0.05, 0) is 45.1 Å². The zero-order valence-electron chi connectivity index (χ0n) is 12.3. The van der Waals surface area contributed by atoms with E-state index in [9.17, 15) is 4.79 Å². The van der Waals surface area contributed by atoms with Crippen molar-refractivity contribution in [1.82, 2.24) is 10.2 Å². The standard InChI is InChI=1S/C15H28N2O/c1-11(2)17(10-12-7-5-6-8-16-12)14(18)13-9-15(13,3)4/h11-13,16H,5-10H2,1-4H3. The average Bonchev–Trinajstić information content (AvgIpc) is 2.95. The van der Waals surface area contributed by atoms with Gasteiger partial charge in [-0.3, -0.25) is 4.79 Å². The third-order valence-electron chi connectivity index (χ3n) is 4.55. The highest BCUT2D eigenvalue weighted by atomic mass is 16.2. The third-order valence-corrected chi connectivity index (χ3v) is 4.55. The van der Waals surface area contributed by atoms with E-state index in [0.717, 1.165) is 19.5 Å². The Kier molecular flexibility index (Phi) is 4.00. The Hall–Kier alpha value is -0.570. The summed E-state index contributed by atoms with van der Waals surface area (Å²) in [4.78, 5) is 14.6. The van der Waals surface area contributed by atoms with Crippen molar-refractivity contribution in [2.75, 3.05) is 13.1 Å². The second kappa shape index (κ2) is 5.20. The number of nitrogens with one attached hydrogen (secondary N) is 1. The molecule has 0 radical (unpaired) electrons. The molecular weight excluding hydrogens is 224 g/mol. The van der Waals surface area contributed by atoms with Gasteiger partial charge in [0.25, 0.3) is 0 Å². The Bertz CT molecular complexity index is 306. The molecule has 2 unspecified atom stereocenters. The Morgan fingerprint density at radius 2 is 2.06 bits per heavy atom. The van der Waals surface area contributed by atoms with Crippen LogP contribution in [0.3, 0.4) is 0 Å². The Labute approximate surface area is 111 Å². The molecule has 0 aromatic rings. The lowest BCUT2D eigenvalue weighted by molar-refractivity contribution is -0.135. The second-order valence-corrected chi connectivity index (χ2v) is 6.98. The molecule has 2 aliphatic rings. The zero-order chi connectivity index (χ0) is 13.3. The van der Waals surface area contributed by atoms with Gasteiger partial charge in [-0.25, -0.2) is 0 Å². The number of rotatable bonds is 4. The van der Waals surface area contributed by atoms with Crippen LogP contribution in [0.2, 0.25) is 0 Å². The van der Waals surface area contributed by atoms with Crippen LogP contribution in [0.1, 0.15) is 53.4 Å². The van der Waals surface area contributed by atoms with E-state index in [0.29, 0.717) is 18.0 Å². The van der Waals surface area contributed by atoms with Crippen molar-refractivity contribution in [2.24, 2.45) is 11.3 Å². The van der Waals surface area contributed by atoms with Crippen LogP contribution in [0.25, 0.3) is 0 Å². The molecule has 2 fully saturated rings. The van der Waals surface area contributed by atoms with Crippen LogP contribution in [0.5, 0.6) is 0 Å². The molecule has 1 saturated carbocycles. The summed E-state index contributed by atoms with van der Waals surface area (Å²) in [6.45, 7) is 10.7. The molecule has 104 valence electrons. The molecule has 18 heavy (non-hydrogen) atoms. The van der Waals surface area contributed by atoms with Crippen molar-refractivity contribution < 1.29 is 4.79 Å². The van der Waals surface area contributed by atoms with E-state index >= 15 is 0 Å². The molecule has 1 heterocycles. The first-order valence-electron chi connectivity index (χ1n) is 7.45. The molecule has 2 atom stereocenters. The van der Waals surface area contributed by atoms with Crippen molar-refractivity contribution in [2.45, 2.75) is 65.5 Å². The van der Waals surface area contributed by atoms with Crippen LogP contribution in [0, 0.1) is 11.3 Å². The SMILES string of the molecule is CC(C)N(CC1CCCCN1)C(=O)C1CC1(C)C. The highest BCUT2D eigenvalue weighted by molar-refractivity contribution is 5.82.